The highest BCUT2D eigenvalue weighted by atomic mass is 19.4. The lowest BCUT2D eigenvalue weighted by molar-refractivity contribution is -0.138. The third kappa shape index (κ3) is 4.74. The van der Waals surface area contributed by atoms with Crippen molar-refractivity contribution < 1.29 is 27.5 Å². The van der Waals surface area contributed by atoms with E-state index in [1.807, 2.05) is 0 Å². The number of carbonyl (C=O) groups excluding carboxylic acids is 2. The fourth-order valence-electron chi connectivity index (χ4n) is 3.42. The molecule has 2 aliphatic rings. The Balaban J connectivity index is 1.37. The standard InChI is InChI=1S/C21H21F3N4O3/c1-27-6-7-28(12-20(27)30)11-19(29)25-10-13-2-4-15-17(8-13)31-18-9-14(21(22,23)24)3-5-16(18)26-15/h2-5,8-9,26H,6-7,10-12H2,1H3,(H,25,29). The number of hydrogen-bond donors (Lipinski definition) is 2. The predicted octanol–water partition coefficient (Wildman–Crippen LogP) is 2.94. The number of piperazine rings is 1. The Labute approximate surface area is 176 Å². The molecule has 2 heterocycles. The molecule has 0 bridgehead atoms. The highest BCUT2D eigenvalue weighted by Crippen LogP contribution is 2.44. The predicted molar refractivity (Wildman–Crippen MR) is 107 cm³/mol. The molecule has 7 nitrogen and oxygen atoms in total. The second kappa shape index (κ2) is 8.10. The quantitative estimate of drug-likeness (QED) is 0.661. The molecule has 0 atom stereocenters. The van der Waals surface area contributed by atoms with Gasteiger partial charge >= 0.3 is 6.18 Å². The van der Waals surface area contributed by atoms with Crippen LogP contribution in [-0.2, 0) is 22.3 Å². The number of hydrogen-bond acceptors (Lipinski definition) is 5. The van der Waals surface area contributed by atoms with E-state index in [-0.39, 0.29) is 37.2 Å². The molecule has 0 spiro atoms. The summed E-state index contributed by atoms with van der Waals surface area (Å²) in [5.41, 5.74) is 1.02. The number of anilines is 2. The van der Waals surface area contributed by atoms with Crippen LogP contribution in [0.15, 0.2) is 36.4 Å². The molecule has 1 fully saturated rings. The summed E-state index contributed by atoms with van der Waals surface area (Å²) in [7, 11) is 1.73. The highest BCUT2D eigenvalue weighted by molar-refractivity contribution is 5.82. The fourth-order valence-corrected chi connectivity index (χ4v) is 3.42. The number of nitrogens with one attached hydrogen (secondary N) is 2. The molecule has 0 aliphatic carbocycles. The van der Waals surface area contributed by atoms with Gasteiger partial charge in [0.25, 0.3) is 0 Å². The van der Waals surface area contributed by atoms with E-state index in [0.29, 0.717) is 30.2 Å². The lowest BCUT2D eigenvalue weighted by atomic mass is 10.1. The van der Waals surface area contributed by atoms with Crippen LogP contribution in [0.3, 0.4) is 0 Å². The number of benzene rings is 2. The molecule has 2 aromatic rings. The van der Waals surface area contributed by atoms with Gasteiger partial charge in [0.05, 0.1) is 30.0 Å². The van der Waals surface area contributed by atoms with Gasteiger partial charge in [0.1, 0.15) is 0 Å². The first-order valence-corrected chi connectivity index (χ1v) is 9.71. The summed E-state index contributed by atoms with van der Waals surface area (Å²) in [6.07, 6.45) is -4.46. The Kier molecular flexibility index (Phi) is 5.48. The van der Waals surface area contributed by atoms with E-state index in [1.165, 1.54) is 6.07 Å². The minimum atomic E-state index is -4.46. The van der Waals surface area contributed by atoms with Crippen LogP contribution in [0.2, 0.25) is 0 Å². The minimum absolute atomic E-state index is 0.0210. The first kappa shape index (κ1) is 21.0. The Morgan fingerprint density at radius 2 is 1.84 bits per heavy atom. The molecule has 1 saturated heterocycles. The summed E-state index contributed by atoms with van der Waals surface area (Å²) in [4.78, 5) is 27.4. The van der Waals surface area contributed by atoms with Crippen molar-refractivity contribution in [2.75, 3.05) is 38.5 Å². The molecule has 0 unspecified atom stereocenters. The Morgan fingerprint density at radius 3 is 2.55 bits per heavy atom. The first-order chi connectivity index (χ1) is 14.7. The third-order valence-corrected chi connectivity index (χ3v) is 5.24. The number of amides is 2. The zero-order chi connectivity index (χ0) is 22.2. The van der Waals surface area contributed by atoms with Crippen molar-refractivity contribution in [3.63, 3.8) is 0 Å². The van der Waals surface area contributed by atoms with E-state index >= 15 is 0 Å². The molecular weight excluding hydrogens is 413 g/mol. The molecule has 0 aromatic heterocycles. The van der Waals surface area contributed by atoms with Crippen molar-refractivity contribution in [1.82, 2.24) is 15.1 Å². The van der Waals surface area contributed by atoms with E-state index in [1.54, 1.807) is 35.0 Å². The molecule has 10 heteroatoms. The zero-order valence-corrected chi connectivity index (χ0v) is 16.8. The number of fused-ring (bicyclic) bond motifs is 2. The number of nitrogens with zero attached hydrogens (tertiary/aromatic N) is 2. The molecule has 0 radical (unpaired) electrons. The van der Waals surface area contributed by atoms with Crippen LogP contribution in [0.4, 0.5) is 24.5 Å². The second-order valence-electron chi connectivity index (χ2n) is 7.57. The summed E-state index contributed by atoms with van der Waals surface area (Å²) in [5.74, 6) is 0.230. The van der Waals surface area contributed by atoms with Gasteiger partial charge in [0.15, 0.2) is 11.5 Å². The topological polar surface area (TPSA) is 73.9 Å². The van der Waals surface area contributed by atoms with Crippen LogP contribution < -0.4 is 15.4 Å². The van der Waals surface area contributed by atoms with Crippen molar-refractivity contribution in [2.24, 2.45) is 0 Å². The molecule has 2 aliphatic heterocycles. The fraction of sp³-hybridized carbons (Fsp3) is 0.333. The van der Waals surface area contributed by atoms with Crippen molar-refractivity contribution in [1.29, 1.82) is 0 Å². The maximum absolute atomic E-state index is 13.0. The van der Waals surface area contributed by atoms with Crippen LogP contribution in [-0.4, -0.2) is 54.8 Å². The van der Waals surface area contributed by atoms with Crippen LogP contribution in [0.25, 0.3) is 0 Å². The van der Waals surface area contributed by atoms with Crippen molar-refractivity contribution >= 4 is 23.2 Å². The summed E-state index contributed by atoms with van der Waals surface area (Å²) < 4.78 is 44.6. The van der Waals surface area contributed by atoms with E-state index in [4.69, 9.17) is 4.74 Å². The molecule has 4 rings (SSSR count). The average molecular weight is 434 g/mol. The van der Waals surface area contributed by atoms with E-state index in [2.05, 4.69) is 10.6 Å². The summed E-state index contributed by atoms with van der Waals surface area (Å²) in [6, 6.07) is 8.50. The first-order valence-electron chi connectivity index (χ1n) is 9.71. The van der Waals surface area contributed by atoms with E-state index in [0.717, 1.165) is 17.7 Å². The lowest BCUT2D eigenvalue weighted by Gasteiger charge is -2.31. The van der Waals surface area contributed by atoms with Crippen molar-refractivity contribution in [2.45, 2.75) is 12.7 Å². The maximum atomic E-state index is 13.0. The number of carbonyl (C=O) groups is 2. The van der Waals surface area contributed by atoms with Gasteiger partial charge in [-0.15, -0.1) is 0 Å². The number of ether oxygens (including phenoxy) is 1. The van der Waals surface area contributed by atoms with Gasteiger partial charge in [-0.25, -0.2) is 0 Å². The monoisotopic (exact) mass is 434 g/mol. The van der Waals surface area contributed by atoms with Gasteiger partial charge in [0.2, 0.25) is 11.8 Å². The van der Waals surface area contributed by atoms with Crippen LogP contribution in [0, 0.1) is 0 Å². The third-order valence-electron chi connectivity index (χ3n) is 5.24. The largest absolute Gasteiger partial charge is 0.453 e. The summed E-state index contributed by atoms with van der Waals surface area (Å²) in [5, 5.41) is 5.85. The Morgan fingerprint density at radius 1 is 1.13 bits per heavy atom. The number of alkyl halides is 3. The summed E-state index contributed by atoms with van der Waals surface area (Å²) >= 11 is 0. The lowest BCUT2D eigenvalue weighted by Crippen LogP contribution is -2.51. The molecule has 31 heavy (non-hydrogen) atoms. The van der Waals surface area contributed by atoms with Crippen LogP contribution in [0.1, 0.15) is 11.1 Å². The number of likely N-dealkylation sites (N-methyl/N-ethyl adjacent to an activating group) is 1. The number of halogens is 3. The molecule has 2 aromatic carbocycles. The van der Waals surface area contributed by atoms with Crippen LogP contribution in [0.5, 0.6) is 11.5 Å². The van der Waals surface area contributed by atoms with Gasteiger partial charge in [-0.3, -0.25) is 14.5 Å². The van der Waals surface area contributed by atoms with Gasteiger partial charge < -0.3 is 20.3 Å². The maximum Gasteiger partial charge on any atom is 0.416 e. The van der Waals surface area contributed by atoms with Gasteiger partial charge in [0, 0.05) is 26.7 Å². The molecule has 2 N–H and O–H groups in total. The Bertz CT molecular complexity index is 1030. The van der Waals surface area contributed by atoms with Gasteiger partial charge in [-0.2, -0.15) is 13.2 Å². The minimum Gasteiger partial charge on any atom is -0.453 e. The van der Waals surface area contributed by atoms with E-state index in [9.17, 15) is 22.8 Å². The van der Waals surface area contributed by atoms with Crippen LogP contribution >= 0.6 is 0 Å². The zero-order valence-electron chi connectivity index (χ0n) is 16.8. The highest BCUT2D eigenvalue weighted by Gasteiger charge is 2.32. The van der Waals surface area contributed by atoms with Gasteiger partial charge in [-0.1, -0.05) is 6.07 Å². The smallest absolute Gasteiger partial charge is 0.416 e. The average Bonchev–Trinajstić information content (AvgIpc) is 2.72. The van der Waals surface area contributed by atoms with E-state index < -0.39 is 11.7 Å². The molecule has 2 amide bonds. The SMILES string of the molecule is CN1CCN(CC(=O)NCc2ccc3c(c2)Oc2cc(C(F)(F)F)ccc2N3)CC1=O. The molecular formula is C21H21F3N4O3. The normalized spacial score (nSPS) is 16.1. The van der Waals surface area contributed by atoms with Crippen molar-refractivity contribution in [3.05, 3.63) is 47.5 Å². The second-order valence-corrected chi connectivity index (χ2v) is 7.57. The van der Waals surface area contributed by atoms with Gasteiger partial charge in [-0.05, 0) is 35.9 Å². The summed E-state index contributed by atoms with van der Waals surface area (Å²) in [6.45, 7) is 1.77. The molecule has 0 saturated carbocycles. The number of rotatable bonds is 4. The Hall–Kier alpha value is -3.27. The molecule has 164 valence electrons. The van der Waals surface area contributed by atoms with Crippen molar-refractivity contribution in [3.8, 4) is 11.5 Å².